The summed E-state index contributed by atoms with van der Waals surface area (Å²) in [6, 6.07) is 2.81. The molecule has 24 heavy (non-hydrogen) atoms. The van der Waals surface area contributed by atoms with Crippen molar-refractivity contribution in [3.8, 4) is 0 Å². The molecule has 0 spiro atoms. The summed E-state index contributed by atoms with van der Waals surface area (Å²) < 4.78 is 5.52. The molecule has 2 aliphatic heterocycles. The number of hydrogen-bond acceptors (Lipinski definition) is 5. The normalized spacial score (nSPS) is 34.6. The fourth-order valence-electron chi connectivity index (χ4n) is 4.97. The van der Waals surface area contributed by atoms with E-state index in [1.807, 2.05) is 6.92 Å². The average molecular weight is 351 g/mol. The molecule has 1 aromatic rings. The van der Waals surface area contributed by atoms with Crippen LogP contribution in [-0.4, -0.2) is 47.4 Å². The number of nitrogens with two attached hydrogens (primary N) is 1. The first-order valence-electron chi connectivity index (χ1n) is 9.19. The lowest BCUT2D eigenvalue weighted by molar-refractivity contribution is 0.0480. The van der Waals surface area contributed by atoms with Gasteiger partial charge >= 0.3 is 0 Å². The molecule has 3 aliphatic rings. The first-order chi connectivity index (χ1) is 11.6. The van der Waals surface area contributed by atoms with Gasteiger partial charge in [0.1, 0.15) is 0 Å². The molecular formula is C18H27ClN4O. The summed E-state index contributed by atoms with van der Waals surface area (Å²) >= 11 is 6.09. The largest absolute Gasteiger partial charge is 0.381 e. The Labute approximate surface area is 148 Å². The van der Waals surface area contributed by atoms with Crippen LogP contribution in [-0.2, 0) is 4.74 Å². The Morgan fingerprint density at radius 2 is 2.08 bits per heavy atom. The summed E-state index contributed by atoms with van der Waals surface area (Å²) in [5.41, 5.74) is 8.34. The molecule has 132 valence electrons. The summed E-state index contributed by atoms with van der Waals surface area (Å²) in [5, 5.41) is 9.14. The predicted octanol–water partition coefficient (Wildman–Crippen LogP) is 2.58. The molecule has 0 bridgehead atoms. The van der Waals surface area contributed by atoms with E-state index in [9.17, 15) is 0 Å². The number of ether oxygens (including phenoxy) is 1. The highest BCUT2D eigenvalue weighted by Gasteiger charge is 2.48. The van der Waals surface area contributed by atoms with E-state index in [0.717, 1.165) is 56.3 Å². The summed E-state index contributed by atoms with van der Waals surface area (Å²) in [4.78, 5) is 2.65. The van der Waals surface area contributed by atoms with Crippen molar-refractivity contribution in [1.29, 1.82) is 0 Å². The third-order valence-corrected chi connectivity index (χ3v) is 6.51. The SMILES string of the molecule is Cc1cc(C2C3CC(N)CC3CN2CC2CCOCC2)nnc1Cl. The number of aryl methyl sites for hydroxylation is 1. The molecule has 4 unspecified atom stereocenters. The Bertz CT molecular complexity index is 592. The van der Waals surface area contributed by atoms with E-state index < -0.39 is 0 Å². The maximum Gasteiger partial charge on any atom is 0.154 e. The van der Waals surface area contributed by atoms with E-state index in [-0.39, 0.29) is 0 Å². The minimum atomic E-state index is 0.342. The molecule has 4 rings (SSSR count). The predicted molar refractivity (Wildman–Crippen MR) is 93.8 cm³/mol. The lowest BCUT2D eigenvalue weighted by atomic mass is 9.91. The van der Waals surface area contributed by atoms with Crippen LogP contribution in [0.25, 0.3) is 0 Å². The van der Waals surface area contributed by atoms with Crippen molar-refractivity contribution in [1.82, 2.24) is 15.1 Å². The Morgan fingerprint density at radius 3 is 2.83 bits per heavy atom. The van der Waals surface area contributed by atoms with Crippen LogP contribution in [0.5, 0.6) is 0 Å². The van der Waals surface area contributed by atoms with E-state index in [0.29, 0.717) is 29.1 Å². The second-order valence-corrected chi connectivity index (χ2v) is 8.21. The van der Waals surface area contributed by atoms with Crippen molar-refractivity contribution >= 4 is 11.6 Å². The zero-order valence-electron chi connectivity index (χ0n) is 14.3. The lowest BCUT2D eigenvalue weighted by Gasteiger charge is -2.32. The van der Waals surface area contributed by atoms with Crippen LogP contribution in [0.4, 0.5) is 0 Å². The summed E-state index contributed by atoms with van der Waals surface area (Å²) in [6.07, 6.45) is 4.58. The Morgan fingerprint density at radius 1 is 1.29 bits per heavy atom. The molecule has 4 atom stereocenters. The van der Waals surface area contributed by atoms with E-state index in [1.54, 1.807) is 0 Å². The Balaban J connectivity index is 1.58. The molecule has 1 aromatic heterocycles. The van der Waals surface area contributed by atoms with Crippen molar-refractivity contribution in [3.63, 3.8) is 0 Å². The highest BCUT2D eigenvalue weighted by atomic mass is 35.5. The van der Waals surface area contributed by atoms with Crippen molar-refractivity contribution in [3.05, 3.63) is 22.5 Å². The lowest BCUT2D eigenvalue weighted by Crippen LogP contribution is -2.35. The maximum absolute atomic E-state index is 6.26. The van der Waals surface area contributed by atoms with Crippen molar-refractivity contribution in [2.24, 2.45) is 23.5 Å². The number of halogens is 1. The molecule has 2 N–H and O–H groups in total. The quantitative estimate of drug-likeness (QED) is 0.907. The van der Waals surface area contributed by atoms with Gasteiger partial charge in [-0.05, 0) is 62.0 Å². The van der Waals surface area contributed by atoms with Gasteiger partial charge in [-0.3, -0.25) is 4.90 Å². The van der Waals surface area contributed by atoms with Crippen LogP contribution in [0.2, 0.25) is 5.15 Å². The molecule has 3 fully saturated rings. The van der Waals surface area contributed by atoms with Gasteiger partial charge in [0.2, 0.25) is 0 Å². The summed E-state index contributed by atoms with van der Waals surface area (Å²) in [6.45, 7) is 6.10. The minimum Gasteiger partial charge on any atom is -0.381 e. The molecule has 2 saturated heterocycles. The topological polar surface area (TPSA) is 64.3 Å². The number of nitrogens with zero attached hydrogens (tertiary/aromatic N) is 3. The smallest absolute Gasteiger partial charge is 0.154 e. The van der Waals surface area contributed by atoms with Crippen LogP contribution in [0.1, 0.15) is 43.0 Å². The van der Waals surface area contributed by atoms with Crippen LogP contribution in [0.3, 0.4) is 0 Å². The second kappa shape index (κ2) is 6.87. The van der Waals surface area contributed by atoms with Gasteiger partial charge in [0.15, 0.2) is 5.15 Å². The van der Waals surface area contributed by atoms with Crippen molar-refractivity contribution < 1.29 is 4.74 Å². The van der Waals surface area contributed by atoms with Crippen LogP contribution < -0.4 is 5.73 Å². The fraction of sp³-hybridized carbons (Fsp3) is 0.778. The number of aromatic nitrogens is 2. The maximum atomic E-state index is 6.26. The van der Waals surface area contributed by atoms with Gasteiger partial charge in [-0.1, -0.05) is 11.6 Å². The average Bonchev–Trinajstić information content (AvgIpc) is 3.06. The zero-order valence-corrected chi connectivity index (χ0v) is 15.1. The molecule has 1 saturated carbocycles. The van der Waals surface area contributed by atoms with Gasteiger partial charge in [-0.2, -0.15) is 5.10 Å². The van der Waals surface area contributed by atoms with Gasteiger partial charge in [-0.15, -0.1) is 5.10 Å². The van der Waals surface area contributed by atoms with Crippen LogP contribution in [0.15, 0.2) is 6.07 Å². The van der Waals surface area contributed by atoms with Gasteiger partial charge in [0.25, 0.3) is 0 Å². The number of hydrogen-bond donors (Lipinski definition) is 1. The van der Waals surface area contributed by atoms with Gasteiger partial charge in [0, 0.05) is 32.3 Å². The molecule has 1 aliphatic carbocycles. The van der Waals surface area contributed by atoms with Gasteiger partial charge in [0.05, 0.1) is 11.7 Å². The van der Waals surface area contributed by atoms with Crippen molar-refractivity contribution in [2.45, 2.75) is 44.7 Å². The molecule has 3 heterocycles. The van der Waals surface area contributed by atoms with E-state index in [2.05, 4.69) is 21.2 Å². The Kier molecular flexibility index (Phi) is 4.78. The Hall–Kier alpha value is -0.750. The number of likely N-dealkylation sites (tertiary alicyclic amines) is 1. The molecule has 0 amide bonds. The molecule has 6 heteroatoms. The van der Waals surface area contributed by atoms with Crippen molar-refractivity contribution in [2.75, 3.05) is 26.3 Å². The number of rotatable bonds is 3. The second-order valence-electron chi connectivity index (χ2n) is 7.85. The third-order valence-electron chi connectivity index (χ3n) is 6.13. The standard InChI is InChI=1S/C18H27ClN4O/c1-11-6-16(21-22-18(11)19)17-15-8-14(20)7-13(15)10-23(17)9-12-2-4-24-5-3-12/h6,12-15,17H,2-5,7-10,20H2,1H3. The van der Waals surface area contributed by atoms with Crippen LogP contribution in [0, 0.1) is 24.7 Å². The summed E-state index contributed by atoms with van der Waals surface area (Å²) in [5.74, 6) is 2.03. The van der Waals surface area contributed by atoms with Gasteiger partial charge in [-0.25, -0.2) is 0 Å². The number of fused-ring (bicyclic) bond motifs is 1. The third kappa shape index (κ3) is 3.19. The van der Waals surface area contributed by atoms with E-state index in [1.165, 1.54) is 12.8 Å². The minimum absolute atomic E-state index is 0.342. The molecule has 0 aromatic carbocycles. The van der Waals surface area contributed by atoms with E-state index in [4.69, 9.17) is 22.1 Å². The van der Waals surface area contributed by atoms with Gasteiger partial charge < -0.3 is 10.5 Å². The van der Waals surface area contributed by atoms with Crippen LogP contribution >= 0.6 is 11.6 Å². The molecule has 0 radical (unpaired) electrons. The van der Waals surface area contributed by atoms with E-state index >= 15 is 0 Å². The molecule has 5 nitrogen and oxygen atoms in total. The highest BCUT2D eigenvalue weighted by Crippen LogP contribution is 2.49. The zero-order chi connectivity index (χ0) is 16.7. The first-order valence-corrected chi connectivity index (χ1v) is 9.56. The summed E-state index contributed by atoms with van der Waals surface area (Å²) in [7, 11) is 0. The highest BCUT2D eigenvalue weighted by molar-refractivity contribution is 6.30. The monoisotopic (exact) mass is 350 g/mol. The first kappa shape index (κ1) is 16.7. The fourth-order valence-corrected chi connectivity index (χ4v) is 5.07. The molecular weight excluding hydrogens is 324 g/mol.